The molecular formula is C30H39ClFN5O4. The number of hydrogen-bond donors (Lipinski definition) is 0. The van der Waals surface area contributed by atoms with Crippen molar-refractivity contribution in [3.05, 3.63) is 40.7 Å². The fourth-order valence-electron chi connectivity index (χ4n) is 5.89. The van der Waals surface area contributed by atoms with Crippen LogP contribution in [0.25, 0.3) is 11.3 Å². The standard InChI is InChI=1S/C30H39ClFN5O4/c1-29(2,3)41-28(39)35-12-13-36-19(15-35)17-40-25-22(27(36)38)26(37-16-18(34(6)7)14-30(37,4)5)33-24(23(25)31)20-10-8-9-11-21(20)32/h8-11,18-19H,12-17H2,1-7H3/t18-,19+/m0/s1. The Morgan fingerprint density at radius 2 is 1.90 bits per heavy atom. The maximum Gasteiger partial charge on any atom is 0.410 e. The lowest BCUT2D eigenvalue weighted by Gasteiger charge is -2.40. The molecule has 2 amide bonds. The van der Waals surface area contributed by atoms with Crippen LogP contribution < -0.4 is 9.64 Å². The second-order valence-corrected chi connectivity index (χ2v) is 13.3. The average molecular weight is 588 g/mol. The highest BCUT2D eigenvalue weighted by Gasteiger charge is 2.46. The van der Waals surface area contributed by atoms with E-state index in [1.165, 1.54) is 6.07 Å². The van der Waals surface area contributed by atoms with Gasteiger partial charge in [0.2, 0.25) is 0 Å². The van der Waals surface area contributed by atoms with Crippen LogP contribution in [0.5, 0.6) is 5.75 Å². The highest BCUT2D eigenvalue weighted by Crippen LogP contribution is 2.47. The Hall–Kier alpha value is -3.11. The monoisotopic (exact) mass is 587 g/mol. The van der Waals surface area contributed by atoms with Gasteiger partial charge in [0.1, 0.15) is 34.4 Å². The van der Waals surface area contributed by atoms with Gasteiger partial charge < -0.3 is 29.1 Å². The molecule has 0 spiro atoms. The summed E-state index contributed by atoms with van der Waals surface area (Å²) in [6, 6.07) is 6.12. The first-order valence-corrected chi connectivity index (χ1v) is 14.4. The van der Waals surface area contributed by atoms with Crippen molar-refractivity contribution in [3.8, 4) is 17.0 Å². The van der Waals surface area contributed by atoms with Gasteiger partial charge in [-0.25, -0.2) is 14.2 Å². The summed E-state index contributed by atoms with van der Waals surface area (Å²) in [7, 11) is 4.07. The van der Waals surface area contributed by atoms with Crippen molar-refractivity contribution in [2.45, 2.75) is 64.3 Å². The number of ether oxygens (including phenoxy) is 2. The predicted octanol–water partition coefficient (Wildman–Crippen LogP) is 4.91. The van der Waals surface area contributed by atoms with Crippen LogP contribution in [-0.4, -0.2) is 102 Å². The van der Waals surface area contributed by atoms with E-state index in [4.69, 9.17) is 26.1 Å². The molecule has 2 aromatic rings. The van der Waals surface area contributed by atoms with E-state index in [1.807, 2.05) is 34.9 Å². The molecule has 0 bridgehead atoms. The number of carbonyl (C=O) groups is 2. The number of amides is 2. The summed E-state index contributed by atoms with van der Waals surface area (Å²) in [5, 5.41) is 0.0900. The minimum Gasteiger partial charge on any atom is -0.489 e. The zero-order valence-corrected chi connectivity index (χ0v) is 25.6. The highest BCUT2D eigenvalue weighted by molar-refractivity contribution is 6.35. The molecule has 2 atom stereocenters. The summed E-state index contributed by atoms with van der Waals surface area (Å²) in [6.45, 7) is 11.3. The number of pyridine rings is 1. The maximum absolute atomic E-state index is 15.1. The molecule has 3 aliphatic rings. The third-order valence-corrected chi connectivity index (χ3v) is 8.43. The summed E-state index contributed by atoms with van der Waals surface area (Å²) in [5.41, 5.74) is -0.250. The van der Waals surface area contributed by atoms with Crippen LogP contribution in [0.1, 0.15) is 51.4 Å². The van der Waals surface area contributed by atoms with Gasteiger partial charge in [-0.15, -0.1) is 0 Å². The molecule has 222 valence electrons. The molecule has 0 aliphatic carbocycles. The first kappa shape index (κ1) is 29.4. The van der Waals surface area contributed by atoms with E-state index in [9.17, 15) is 9.59 Å². The summed E-state index contributed by atoms with van der Waals surface area (Å²) >= 11 is 6.91. The molecule has 3 aliphatic heterocycles. The van der Waals surface area contributed by atoms with E-state index in [1.54, 1.807) is 28.0 Å². The van der Waals surface area contributed by atoms with Crippen molar-refractivity contribution in [2.75, 3.05) is 51.8 Å². The number of rotatable bonds is 3. The van der Waals surface area contributed by atoms with Crippen molar-refractivity contribution >= 4 is 29.4 Å². The zero-order valence-electron chi connectivity index (χ0n) is 24.8. The van der Waals surface area contributed by atoms with Gasteiger partial charge in [0.05, 0.1) is 11.7 Å². The fraction of sp³-hybridized carbons (Fsp3) is 0.567. The molecule has 2 saturated heterocycles. The van der Waals surface area contributed by atoms with Gasteiger partial charge in [0.25, 0.3) is 5.91 Å². The molecule has 2 fully saturated rings. The predicted molar refractivity (Wildman–Crippen MR) is 156 cm³/mol. The van der Waals surface area contributed by atoms with Crippen LogP contribution in [0, 0.1) is 5.82 Å². The molecule has 0 radical (unpaired) electrons. The largest absolute Gasteiger partial charge is 0.489 e. The van der Waals surface area contributed by atoms with E-state index in [0.29, 0.717) is 25.5 Å². The number of benzene rings is 1. The van der Waals surface area contributed by atoms with Gasteiger partial charge in [-0.3, -0.25) is 4.79 Å². The average Bonchev–Trinajstić information content (AvgIpc) is 3.13. The number of hydrogen-bond acceptors (Lipinski definition) is 7. The normalized spacial score (nSPS) is 22.3. The molecule has 0 N–H and O–H groups in total. The van der Waals surface area contributed by atoms with Crippen molar-refractivity contribution in [1.29, 1.82) is 0 Å². The lowest BCUT2D eigenvalue weighted by Crippen LogP contribution is -2.58. The SMILES string of the molecule is CN(C)[C@@H]1CN(c2nc(-c3ccccc3F)c(Cl)c3c2C(=O)N2CCN(C(=O)OC(C)(C)C)C[C@@H]2CO3)C(C)(C)C1. The Morgan fingerprint density at radius 1 is 1.20 bits per heavy atom. The molecule has 41 heavy (non-hydrogen) atoms. The quantitative estimate of drug-likeness (QED) is 0.505. The smallest absolute Gasteiger partial charge is 0.410 e. The minimum absolute atomic E-state index is 0.0900. The Morgan fingerprint density at radius 3 is 2.54 bits per heavy atom. The summed E-state index contributed by atoms with van der Waals surface area (Å²) in [6.07, 6.45) is 0.419. The molecule has 11 heteroatoms. The number of halogens is 2. The first-order chi connectivity index (χ1) is 19.2. The molecule has 9 nitrogen and oxygen atoms in total. The molecule has 0 saturated carbocycles. The highest BCUT2D eigenvalue weighted by atomic mass is 35.5. The van der Waals surface area contributed by atoms with Gasteiger partial charge in [-0.2, -0.15) is 0 Å². The van der Waals surface area contributed by atoms with Crippen molar-refractivity contribution in [2.24, 2.45) is 0 Å². The Balaban J connectivity index is 1.60. The van der Waals surface area contributed by atoms with Gasteiger partial charge in [-0.05, 0) is 67.3 Å². The molecular weight excluding hydrogens is 549 g/mol. The molecule has 4 heterocycles. The fourth-order valence-corrected chi connectivity index (χ4v) is 6.19. The van der Waals surface area contributed by atoms with E-state index >= 15 is 4.39 Å². The van der Waals surface area contributed by atoms with Crippen LogP contribution in [0.15, 0.2) is 24.3 Å². The van der Waals surface area contributed by atoms with E-state index < -0.39 is 23.6 Å². The zero-order chi connectivity index (χ0) is 29.9. The topological polar surface area (TPSA) is 78.5 Å². The van der Waals surface area contributed by atoms with Crippen LogP contribution >= 0.6 is 11.6 Å². The van der Waals surface area contributed by atoms with Crippen molar-refractivity contribution in [3.63, 3.8) is 0 Å². The summed E-state index contributed by atoms with van der Waals surface area (Å²) < 4.78 is 27.0. The molecule has 0 unspecified atom stereocenters. The van der Waals surface area contributed by atoms with Gasteiger partial charge in [0.15, 0.2) is 5.75 Å². The van der Waals surface area contributed by atoms with Gasteiger partial charge in [0, 0.05) is 43.3 Å². The first-order valence-electron chi connectivity index (χ1n) is 14.0. The molecule has 5 rings (SSSR count). The summed E-state index contributed by atoms with van der Waals surface area (Å²) in [5.74, 6) is -0.107. The molecule has 1 aromatic carbocycles. The number of likely N-dealkylation sites (N-methyl/N-ethyl adjacent to an activating group) is 1. The number of fused-ring (bicyclic) bond motifs is 2. The molecule has 1 aromatic heterocycles. The van der Waals surface area contributed by atoms with Gasteiger partial charge in [-0.1, -0.05) is 23.7 Å². The Labute approximate surface area is 246 Å². The number of aromatic nitrogens is 1. The maximum atomic E-state index is 15.1. The number of nitrogens with zero attached hydrogens (tertiary/aromatic N) is 5. The van der Waals surface area contributed by atoms with E-state index in [0.717, 1.165) is 6.42 Å². The van der Waals surface area contributed by atoms with Crippen LogP contribution in [0.2, 0.25) is 5.02 Å². The summed E-state index contributed by atoms with van der Waals surface area (Å²) in [4.78, 5) is 39.7. The lowest BCUT2D eigenvalue weighted by molar-refractivity contribution is 0.000952. The number of anilines is 1. The Bertz CT molecular complexity index is 1360. The van der Waals surface area contributed by atoms with Crippen LogP contribution in [-0.2, 0) is 4.74 Å². The minimum atomic E-state index is -0.635. The van der Waals surface area contributed by atoms with Gasteiger partial charge >= 0.3 is 6.09 Å². The number of carbonyl (C=O) groups excluding carboxylic acids is 2. The third-order valence-electron chi connectivity index (χ3n) is 8.08. The second-order valence-electron chi connectivity index (χ2n) is 12.9. The lowest BCUT2D eigenvalue weighted by atomic mass is 9.99. The Kier molecular flexibility index (Phi) is 7.61. The van der Waals surface area contributed by atoms with Crippen molar-refractivity contribution in [1.82, 2.24) is 19.7 Å². The number of piperazine rings is 1. The van der Waals surface area contributed by atoms with Crippen molar-refractivity contribution < 1.29 is 23.5 Å². The van der Waals surface area contributed by atoms with E-state index in [-0.39, 0.29) is 58.2 Å². The second kappa shape index (κ2) is 10.6. The third kappa shape index (κ3) is 5.56. The van der Waals surface area contributed by atoms with E-state index in [2.05, 4.69) is 23.6 Å². The van der Waals surface area contributed by atoms with Crippen LogP contribution in [0.3, 0.4) is 0 Å². The van der Waals surface area contributed by atoms with Crippen LogP contribution in [0.4, 0.5) is 15.0 Å².